The summed E-state index contributed by atoms with van der Waals surface area (Å²) in [4.78, 5) is 31.6. The number of amides is 2. The number of benzene rings is 2. The summed E-state index contributed by atoms with van der Waals surface area (Å²) in [5.74, 6) is -0.122. The van der Waals surface area contributed by atoms with Gasteiger partial charge in [-0.3, -0.25) is 9.59 Å². The van der Waals surface area contributed by atoms with Crippen LogP contribution in [0.1, 0.15) is 47.4 Å². The van der Waals surface area contributed by atoms with Gasteiger partial charge in [-0.2, -0.15) is 0 Å². The maximum Gasteiger partial charge on any atom is 0.247 e. The van der Waals surface area contributed by atoms with Crippen molar-refractivity contribution in [3.05, 3.63) is 99.8 Å². The number of carbonyl (C=O) groups is 2. The quantitative estimate of drug-likeness (QED) is 0.415. The van der Waals surface area contributed by atoms with Crippen molar-refractivity contribution in [2.75, 3.05) is 19.6 Å². The van der Waals surface area contributed by atoms with Crippen molar-refractivity contribution in [3.8, 4) is 0 Å². The van der Waals surface area contributed by atoms with E-state index in [0.29, 0.717) is 13.1 Å². The first-order chi connectivity index (χ1) is 16.2. The molecule has 0 fully saturated rings. The molecule has 4 rings (SSSR count). The van der Waals surface area contributed by atoms with Crippen molar-refractivity contribution in [2.24, 2.45) is 0 Å². The number of unbranched alkanes of at least 4 members (excludes halogenated alkanes) is 1. The minimum atomic E-state index is -0.120. The fraction of sp³-hybridized carbons (Fsp3) is 0.286. The molecule has 0 saturated carbocycles. The first kappa shape index (κ1) is 23.0. The minimum absolute atomic E-state index is 0.00160. The van der Waals surface area contributed by atoms with Gasteiger partial charge in [0.25, 0.3) is 0 Å². The maximum absolute atomic E-state index is 13.6. The van der Waals surface area contributed by atoms with Gasteiger partial charge in [-0.05, 0) is 47.1 Å². The fourth-order valence-corrected chi connectivity index (χ4v) is 5.19. The molecular formula is C28H30N2O2S. The van der Waals surface area contributed by atoms with E-state index < -0.39 is 0 Å². The Morgan fingerprint density at radius 3 is 2.52 bits per heavy atom. The molecule has 1 aliphatic heterocycles. The van der Waals surface area contributed by atoms with Crippen molar-refractivity contribution >= 4 is 29.2 Å². The van der Waals surface area contributed by atoms with E-state index in [0.717, 1.165) is 30.4 Å². The highest BCUT2D eigenvalue weighted by atomic mass is 32.1. The summed E-state index contributed by atoms with van der Waals surface area (Å²) in [7, 11) is 0. The summed E-state index contributed by atoms with van der Waals surface area (Å²) in [6.45, 7) is 3.44. The Hall–Kier alpha value is -3.18. The summed E-state index contributed by atoms with van der Waals surface area (Å²) in [5.41, 5.74) is 3.29. The van der Waals surface area contributed by atoms with Crippen LogP contribution in [0.3, 0.4) is 0 Å². The monoisotopic (exact) mass is 458 g/mol. The first-order valence-corrected chi connectivity index (χ1v) is 12.5. The molecular weight excluding hydrogens is 428 g/mol. The molecule has 1 aromatic heterocycles. The molecule has 170 valence electrons. The molecule has 1 aliphatic rings. The summed E-state index contributed by atoms with van der Waals surface area (Å²) in [6, 6.07) is 22.0. The van der Waals surface area contributed by atoms with Gasteiger partial charge >= 0.3 is 0 Å². The summed E-state index contributed by atoms with van der Waals surface area (Å²) in [6.07, 6.45) is 6.10. The number of thiophene rings is 1. The van der Waals surface area contributed by atoms with Crippen molar-refractivity contribution in [3.63, 3.8) is 0 Å². The molecule has 0 saturated heterocycles. The second kappa shape index (κ2) is 11.1. The Bertz CT molecular complexity index is 1090. The van der Waals surface area contributed by atoms with Gasteiger partial charge in [-0.15, -0.1) is 11.3 Å². The third kappa shape index (κ3) is 5.60. The molecule has 0 spiro atoms. The van der Waals surface area contributed by atoms with Crippen LogP contribution in [0.5, 0.6) is 0 Å². The normalized spacial score (nSPS) is 15.4. The van der Waals surface area contributed by atoms with Gasteiger partial charge in [-0.1, -0.05) is 74.0 Å². The van der Waals surface area contributed by atoms with E-state index in [1.807, 2.05) is 59.5 Å². The third-order valence-corrected chi connectivity index (χ3v) is 7.04. The van der Waals surface area contributed by atoms with E-state index in [2.05, 4.69) is 30.5 Å². The zero-order valence-corrected chi connectivity index (χ0v) is 19.8. The molecule has 0 radical (unpaired) electrons. The Labute approximate surface area is 200 Å². The van der Waals surface area contributed by atoms with Gasteiger partial charge in [0.05, 0.1) is 6.04 Å². The van der Waals surface area contributed by atoms with Crippen LogP contribution < -0.4 is 0 Å². The SMILES string of the molecule is CCCCN(CC(=O)N1CCc2sccc2C1c1ccccc1)C(=O)C=Cc1ccccc1. The van der Waals surface area contributed by atoms with E-state index in [-0.39, 0.29) is 24.4 Å². The highest BCUT2D eigenvalue weighted by molar-refractivity contribution is 7.10. The molecule has 1 atom stereocenters. The van der Waals surface area contributed by atoms with E-state index in [9.17, 15) is 9.59 Å². The number of hydrogen-bond acceptors (Lipinski definition) is 3. The maximum atomic E-state index is 13.6. The molecule has 0 aliphatic carbocycles. The van der Waals surface area contributed by atoms with Crippen LogP contribution in [0.15, 0.2) is 78.2 Å². The number of nitrogens with zero attached hydrogens (tertiary/aromatic N) is 2. The molecule has 5 heteroatoms. The van der Waals surface area contributed by atoms with Crippen molar-refractivity contribution in [1.82, 2.24) is 9.80 Å². The van der Waals surface area contributed by atoms with Gasteiger partial charge in [0.1, 0.15) is 6.54 Å². The fourth-order valence-electron chi connectivity index (χ4n) is 4.29. The van der Waals surface area contributed by atoms with Crippen molar-refractivity contribution in [2.45, 2.75) is 32.2 Å². The largest absolute Gasteiger partial charge is 0.330 e. The topological polar surface area (TPSA) is 40.6 Å². The van der Waals surface area contributed by atoms with Crippen LogP contribution in [0.4, 0.5) is 0 Å². The first-order valence-electron chi connectivity index (χ1n) is 11.6. The molecule has 2 amide bonds. The van der Waals surface area contributed by atoms with Crippen molar-refractivity contribution in [1.29, 1.82) is 0 Å². The van der Waals surface area contributed by atoms with E-state index in [1.54, 1.807) is 22.3 Å². The number of hydrogen-bond donors (Lipinski definition) is 0. The molecule has 0 N–H and O–H groups in total. The average molecular weight is 459 g/mol. The number of fused-ring (bicyclic) bond motifs is 1. The van der Waals surface area contributed by atoms with Gasteiger partial charge in [0, 0.05) is 24.0 Å². The third-order valence-electron chi connectivity index (χ3n) is 6.04. The standard InChI is InChI=1S/C28H30N2O2S/c1-2-3-18-29(26(31)15-14-22-10-6-4-7-11-22)21-27(32)30-19-16-25-24(17-20-33-25)28(30)23-12-8-5-9-13-23/h4-15,17,20,28H,2-3,16,18-19,21H2,1H3. The highest BCUT2D eigenvalue weighted by Crippen LogP contribution is 2.37. The lowest BCUT2D eigenvalue weighted by molar-refractivity contribution is -0.139. The Kier molecular flexibility index (Phi) is 7.74. The molecule has 1 unspecified atom stereocenters. The molecule has 33 heavy (non-hydrogen) atoms. The Balaban J connectivity index is 1.54. The van der Waals surface area contributed by atoms with E-state index >= 15 is 0 Å². The lowest BCUT2D eigenvalue weighted by atomic mass is 9.93. The molecule has 0 bridgehead atoms. The number of rotatable bonds is 8. The summed E-state index contributed by atoms with van der Waals surface area (Å²) < 4.78 is 0. The lowest BCUT2D eigenvalue weighted by Crippen LogP contribution is -2.46. The van der Waals surface area contributed by atoms with Crippen molar-refractivity contribution < 1.29 is 9.59 Å². The second-order valence-electron chi connectivity index (χ2n) is 8.31. The number of carbonyl (C=O) groups excluding carboxylic acids is 2. The van der Waals surface area contributed by atoms with E-state index in [4.69, 9.17) is 0 Å². The van der Waals surface area contributed by atoms with Gasteiger partial charge in [0.2, 0.25) is 11.8 Å². The molecule has 2 aromatic carbocycles. The van der Waals surface area contributed by atoms with Crippen LogP contribution in [0.2, 0.25) is 0 Å². The molecule has 3 aromatic rings. The highest BCUT2D eigenvalue weighted by Gasteiger charge is 2.33. The van der Waals surface area contributed by atoms with Gasteiger partial charge in [-0.25, -0.2) is 0 Å². The predicted molar refractivity (Wildman–Crippen MR) is 135 cm³/mol. The summed E-state index contributed by atoms with van der Waals surface area (Å²) >= 11 is 1.76. The minimum Gasteiger partial charge on any atom is -0.330 e. The van der Waals surface area contributed by atoms with Gasteiger partial charge in [0.15, 0.2) is 0 Å². The predicted octanol–water partition coefficient (Wildman–Crippen LogP) is 5.56. The Morgan fingerprint density at radius 2 is 1.79 bits per heavy atom. The van der Waals surface area contributed by atoms with Gasteiger partial charge < -0.3 is 9.80 Å². The van der Waals surface area contributed by atoms with Crippen LogP contribution in [-0.4, -0.2) is 41.2 Å². The average Bonchev–Trinajstić information content (AvgIpc) is 3.34. The summed E-state index contributed by atoms with van der Waals surface area (Å²) in [5, 5.41) is 2.11. The van der Waals surface area contributed by atoms with Crippen LogP contribution >= 0.6 is 11.3 Å². The molecule has 4 nitrogen and oxygen atoms in total. The smallest absolute Gasteiger partial charge is 0.247 e. The van der Waals surface area contributed by atoms with Crippen LogP contribution in [-0.2, 0) is 16.0 Å². The second-order valence-corrected chi connectivity index (χ2v) is 9.31. The molecule has 2 heterocycles. The van der Waals surface area contributed by atoms with E-state index in [1.165, 1.54) is 10.4 Å². The van der Waals surface area contributed by atoms with Crippen LogP contribution in [0, 0.1) is 0 Å². The lowest BCUT2D eigenvalue weighted by Gasteiger charge is -2.37. The zero-order chi connectivity index (χ0) is 23.0. The Morgan fingerprint density at radius 1 is 1.06 bits per heavy atom. The van der Waals surface area contributed by atoms with Crippen LogP contribution in [0.25, 0.3) is 6.08 Å². The zero-order valence-electron chi connectivity index (χ0n) is 19.0.